The topological polar surface area (TPSA) is 78.7 Å². The third-order valence-electron chi connectivity index (χ3n) is 5.95. The van der Waals surface area contributed by atoms with Crippen molar-refractivity contribution in [2.45, 2.75) is 58.2 Å². The Bertz CT molecular complexity index is 720. The number of likely N-dealkylation sites (tertiary alicyclic amines) is 1. The number of nitrogens with two attached hydrogens (primary N) is 1. The van der Waals surface area contributed by atoms with Crippen LogP contribution in [0.1, 0.15) is 45.1 Å². The van der Waals surface area contributed by atoms with Gasteiger partial charge in [-0.05, 0) is 49.3 Å². The summed E-state index contributed by atoms with van der Waals surface area (Å²) in [6, 6.07) is 6.35. The largest absolute Gasteiger partial charge is 0.353 e. The van der Waals surface area contributed by atoms with Gasteiger partial charge in [0.1, 0.15) is 11.9 Å². The second-order valence-corrected chi connectivity index (χ2v) is 9.03. The normalized spacial score (nSPS) is 21.9. The zero-order valence-corrected chi connectivity index (χ0v) is 18.1. The zero-order valence-electron chi connectivity index (χ0n) is 18.1. The summed E-state index contributed by atoms with van der Waals surface area (Å²) in [6.07, 6.45) is 3.32. The highest BCUT2D eigenvalue weighted by molar-refractivity contribution is 5.89. The molecule has 0 aromatic heterocycles. The van der Waals surface area contributed by atoms with Gasteiger partial charge in [0, 0.05) is 44.7 Å². The van der Waals surface area contributed by atoms with Gasteiger partial charge in [0.25, 0.3) is 0 Å². The number of carbonyl (C=O) groups excluding carboxylic acids is 2. The molecule has 1 heterocycles. The summed E-state index contributed by atoms with van der Waals surface area (Å²) in [5, 5.41) is 2.88. The van der Waals surface area contributed by atoms with E-state index in [0.717, 1.165) is 31.4 Å². The fourth-order valence-electron chi connectivity index (χ4n) is 4.30. The summed E-state index contributed by atoms with van der Waals surface area (Å²) >= 11 is 0. The molecular formula is C23H35FN4O2. The van der Waals surface area contributed by atoms with Gasteiger partial charge in [0.2, 0.25) is 11.8 Å². The van der Waals surface area contributed by atoms with Gasteiger partial charge in [-0.2, -0.15) is 0 Å². The lowest BCUT2D eigenvalue weighted by Crippen LogP contribution is -2.58. The monoisotopic (exact) mass is 418 g/mol. The first-order valence-corrected chi connectivity index (χ1v) is 11.2. The Balaban J connectivity index is 1.75. The first-order chi connectivity index (χ1) is 14.4. The first-order valence-electron chi connectivity index (χ1n) is 11.2. The van der Waals surface area contributed by atoms with E-state index in [-0.39, 0.29) is 29.6 Å². The maximum atomic E-state index is 13.3. The predicted octanol–water partition coefficient (Wildman–Crippen LogP) is 2.13. The van der Waals surface area contributed by atoms with Crippen LogP contribution in [0, 0.1) is 17.7 Å². The van der Waals surface area contributed by atoms with Crippen molar-refractivity contribution in [1.29, 1.82) is 0 Å². The Labute approximate surface area is 179 Å². The van der Waals surface area contributed by atoms with Crippen LogP contribution < -0.4 is 11.1 Å². The van der Waals surface area contributed by atoms with E-state index in [1.54, 1.807) is 4.90 Å². The number of benzene rings is 1. The molecule has 1 aliphatic carbocycles. The fraction of sp³-hybridized carbons (Fsp3) is 0.652. The van der Waals surface area contributed by atoms with Crippen LogP contribution in [-0.2, 0) is 16.1 Å². The lowest BCUT2D eigenvalue weighted by atomic mass is 9.93. The molecule has 2 aliphatic rings. The SMILES string of the molecule is CC(C)CN(Cc1ccc(F)cc1)C1CCN(C(=O)C2CC2)[C@@H](C(=O)NCCN)C1. The molecular weight excluding hydrogens is 383 g/mol. The molecule has 1 aromatic rings. The van der Waals surface area contributed by atoms with Gasteiger partial charge in [-0.3, -0.25) is 14.5 Å². The number of carbonyl (C=O) groups is 2. The van der Waals surface area contributed by atoms with Crippen molar-refractivity contribution in [3.63, 3.8) is 0 Å². The molecule has 166 valence electrons. The van der Waals surface area contributed by atoms with E-state index in [2.05, 4.69) is 24.1 Å². The first kappa shape index (κ1) is 22.7. The van der Waals surface area contributed by atoms with Crippen molar-refractivity contribution < 1.29 is 14.0 Å². The van der Waals surface area contributed by atoms with E-state index >= 15 is 0 Å². The van der Waals surface area contributed by atoms with Crippen molar-refractivity contribution in [3.8, 4) is 0 Å². The number of nitrogens with zero attached hydrogens (tertiary/aromatic N) is 2. The van der Waals surface area contributed by atoms with E-state index in [9.17, 15) is 14.0 Å². The van der Waals surface area contributed by atoms with Gasteiger partial charge in [-0.1, -0.05) is 26.0 Å². The van der Waals surface area contributed by atoms with E-state index < -0.39 is 6.04 Å². The summed E-state index contributed by atoms with van der Waals surface area (Å²) in [4.78, 5) is 29.9. The summed E-state index contributed by atoms with van der Waals surface area (Å²) in [5.41, 5.74) is 6.61. The van der Waals surface area contributed by atoms with Crippen LogP contribution in [0.25, 0.3) is 0 Å². The highest BCUT2D eigenvalue weighted by Crippen LogP contribution is 2.34. The minimum Gasteiger partial charge on any atom is -0.353 e. The van der Waals surface area contributed by atoms with Crippen molar-refractivity contribution in [1.82, 2.24) is 15.1 Å². The molecule has 0 radical (unpaired) electrons. The summed E-state index contributed by atoms with van der Waals surface area (Å²) in [5.74, 6) is 0.330. The number of piperidine rings is 1. The van der Waals surface area contributed by atoms with Gasteiger partial charge >= 0.3 is 0 Å². The van der Waals surface area contributed by atoms with Gasteiger partial charge < -0.3 is 16.0 Å². The van der Waals surface area contributed by atoms with Crippen LogP contribution in [0.2, 0.25) is 0 Å². The molecule has 6 nitrogen and oxygen atoms in total. The average molecular weight is 419 g/mol. The molecule has 3 rings (SSSR count). The molecule has 7 heteroatoms. The average Bonchev–Trinajstić information content (AvgIpc) is 3.57. The number of hydrogen-bond acceptors (Lipinski definition) is 4. The second-order valence-electron chi connectivity index (χ2n) is 9.03. The van der Waals surface area contributed by atoms with Crippen molar-refractivity contribution in [3.05, 3.63) is 35.6 Å². The van der Waals surface area contributed by atoms with Gasteiger partial charge in [-0.15, -0.1) is 0 Å². The lowest BCUT2D eigenvalue weighted by Gasteiger charge is -2.43. The van der Waals surface area contributed by atoms with Gasteiger partial charge in [0.05, 0.1) is 0 Å². The molecule has 1 unspecified atom stereocenters. The molecule has 1 saturated carbocycles. The number of nitrogens with one attached hydrogen (secondary N) is 1. The number of hydrogen-bond donors (Lipinski definition) is 2. The molecule has 2 atom stereocenters. The van der Waals surface area contributed by atoms with Crippen LogP contribution in [0.5, 0.6) is 0 Å². The Morgan fingerprint density at radius 3 is 2.53 bits per heavy atom. The molecule has 1 saturated heterocycles. The fourth-order valence-corrected chi connectivity index (χ4v) is 4.30. The Kier molecular flexibility index (Phi) is 7.83. The molecule has 1 aromatic carbocycles. The van der Waals surface area contributed by atoms with E-state index in [1.165, 1.54) is 12.1 Å². The molecule has 3 N–H and O–H groups in total. The molecule has 2 amide bonds. The van der Waals surface area contributed by atoms with Gasteiger partial charge in [0.15, 0.2) is 0 Å². The molecule has 30 heavy (non-hydrogen) atoms. The third kappa shape index (κ3) is 6.01. The maximum absolute atomic E-state index is 13.3. The highest BCUT2D eigenvalue weighted by atomic mass is 19.1. The summed E-state index contributed by atoms with van der Waals surface area (Å²) in [6.45, 7) is 7.33. The maximum Gasteiger partial charge on any atom is 0.242 e. The quantitative estimate of drug-likeness (QED) is 0.644. The van der Waals surface area contributed by atoms with E-state index in [1.807, 2.05) is 12.1 Å². The van der Waals surface area contributed by atoms with Crippen molar-refractivity contribution in [2.75, 3.05) is 26.2 Å². The minimum absolute atomic E-state index is 0.0948. The van der Waals surface area contributed by atoms with Crippen molar-refractivity contribution >= 4 is 11.8 Å². The highest BCUT2D eigenvalue weighted by Gasteiger charge is 2.42. The summed E-state index contributed by atoms with van der Waals surface area (Å²) in [7, 11) is 0. The number of amides is 2. The molecule has 0 bridgehead atoms. The second kappa shape index (κ2) is 10.4. The summed E-state index contributed by atoms with van der Waals surface area (Å²) < 4.78 is 13.3. The number of rotatable bonds is 9. The van der Waals surface area contributed by atoms with Crippen LogP contribution in [-0.4, -0.2) is 59.9 Å². The van der Waals surface area contributed by atoms with Gasteiger partial charge in [-0.25, -0.2) is 4.39 Å². The lowest BCUT2D eigenvalue weighted by molar-refractivity contribution is -0.144. The smallest absolute Gasteiger partial charge is 0.242 e. The van der Waals surface area contributed by atoms with E-state index in [0.29, 0.717) is 38.5 Å². The Hall–Kier alpha value is -1.99. The van der Waals surface area contributed by atoms with Crippen LogP contribution >= 0.6 is 0 Å². The Morgan fingerprint density at radius 1 is 1.23 bits per heavy atom. The predicted molar refractivity (Wildman–Crippen MR) is 115 cm³/mol. The van der Waals surface area contributed by atoms with E-state index in [4.69, 9.17) is 5.73 Å². The third-order valence-corrected chi connectivity index (χ3v) is 5.95. The molecule has 2 fully saturated rings. The Morgan fingerprint density at radius 2 is 1.93 bits per heavy atom. The number of halogens is 1. The van der Waals surface area contributed by atoms with Crippen LogP contribution in [0.4, 0.5) is 4.39 Å². The van der Waals surface area contributed by atoms with Crippen LogP contribution in [0.15, 0.2) is 24.3 Å². The minimum atomic E-state index is -0.453. The standard InChI is InChI=1S/C23H35FN4O2/c1-16(2)14-27(15-17-3-7-19(24)8-4-17)20-9-12-28(23(30)18-5-6-18)21(13-20)22(29)26-11-10-25/h3-4,7-8,16,18,20-21H,5-6,9-15,25H2,1-2H3,(H,26,29)/t20?,21-/m1/s1. The zero-order chi connectivity index (χ0) is 21.7. The van der Waals surface area contributed by atoms with Crippen molar-refractivity contribution in [2.24, 2.45) is 17.6 Å². The molecule has 0 spiro atoms. The van der Waals surface area contributed by atoms with Crippen LogP contribution in [0.3, 0.4) is 0 Å². The molecule has 1 aliphatic heterocycles.